The lowest BCUT2D eigenvalue weighted by molar-refractivity contribution is -0.116. The number of rotatable bonds is 2. The molecule has 0 saturated carbocycles. The molecule has 23 heavy (non-hydrogen) atoms. The van der Waals surface area contributed by atoms with Gasteiger partial charge in [0.15, 0.2) is 11.5 Å². The first kappa shape index (κ1) is 13.9. The van der Waals surface area contributed by atoms with Crippen molar-refractivity contribution in [1.29, 1.82) is 0 Å². The van der Waals surface area contributed by atoms with Crippen LogP contribution in [0.5, 0.6) is 0 Å². The van der Waals surface area contributed by atoms with Gasteiger partial charge in [-0.1, -0.05) is 30.3 Å². The molecule has 0 radical (unpaired) electrons. The molecule has 5 heteroatoms. The Morgan fingerprint density at radius 2 is 2.04 bits per heavy atom. The zero-order chi connectivity index (χ0) is 16.0. The molecular weight excluding hydrogens is 288 g/mol. The fourth-order valence-corrected chi connectivity index (χ4v) is 3.39. The van der Waals surface area contributed by atoms with Crippen LogP contribution in [0.2, 0.25) is 0 Å². The molecule has 1 amide bonds. The molecule has 0 aliphatic carbocycles. The second-order valence-electron chi connectivity index (χ2n) is 6.18. The van der Waals surface area contributed by atoms with Crippen molar-refractivity contribution in [3.8, 4) is 0 Å². The number of amides is 1. The largest absolute Gasteiger partial charge is 0.309 e. The van der Waals surface area contributed by atoms with E-state index in [-0.39, 0.29) is 11.8 Å². The first-order chi connectivity index (χ1) is 11.1. The van der Waals surface area contributed by atoms with Gasteiger partial charge in [-0.05, 0) is 31.9 Å². The Labute approximate surface area is 134 Å². The molecule has 1 aliphatic heterocycles. The quantitative estimate of drug-likeness (QED) is 0.791. The number of aromatic nitrogens is 3. The highest BCUT2D eigenvalue weighted by atomic mass is 16.1. The van der Waals surface area contributed by atoms with Crippen molar-refractivity contribution < 1.29 is 4.79 Å². The van der Waals surface area contributed by atoms with Gasteiger partial charge in [0.25, 0.3) is 0 Å². The fourth-order valence-electron chi connectivity index (χ4n) is 3.39. The van der Waals surface area contributed by atoms with Crippen LogP contribution in [0.1, 0.15) is 34.9 Å². The summed E-state index contributed by atoms with van der Waals surface area (Å²) in [6, 6.07) is 12.3. The van der Waals surface area contributed by atoms with Crippen LogP contribution in [-0.2, 0) is 11.2 Å². The summed E-state index contributed by atoms with van der Waals surface area (Å²) >= 11 is 0. The molecule has 0 bridgehead atoms. The summed E-state index contributed by atoms with van der Waals surface area (Å²) < 4.78 is 1.83. The number of aryl methyl sites for hydroxylation is 2. The topological polar surface area (TPSA) is 59.3 Å². The zero-order valence-corrected chi connectivity index (χ0v) is 13.2. The number of carbonyl (C=O) groups excluding carboxylic acids is 1. The predicted octanol–water partition coefficient (Wildman–Crippen LogP) is 3.01. The SMILES string of the molecule is Cc1cc(C)n2nc3c(c2n1)[C@H](Cc1ccccc1)CC(=O)N3. The van der Waals surface area contributed by atoms with E-state index in [0.29, 0.717) is 12.2 Å². The number of hydrogen-bond donors (Lipinski definition) is 1. The van der Waals surface area contributed by atoms with E-state index >= 15 is 0 Å². The third kappa shape index (κ3) is 2.38. The number of fused-ring (bicyclic) bond motifs is 3. The molecule has 3 aromatic rings. The molecule has 3 heterocycles. The Balaban J connectivity index is 1.86. The van der Waals surface area contributed by atoms with E-state index in [1.54, 1.807) is 0 Å². The number of nitrogens with zero attached hydrogens (tertiary/aromatic N) is 3. The number of nitrogens with one attached hydrogen (secondary N) is 1. The smallest absolute Gasteiger partial charge is 0.226 e. The van der Waals surface area contributed by atoms with Gasteiger partial charge in [0.05, 0.1) is 0 Å². The lowest BCUT2D eigenvalue weighted by Gasteiger charge is -2.21. The number of carbonyl (C=O) groups is 1. The van der Waals surface area contributed by atoms with Crippen LogP contribution in [0.4, 0.5) is 5.82 Å². The van der Waals surface area contributed by atoms with Gasteiger partial charge in [0.1, 0.15) is 0 Å². The average Bonchev–Trinajstić information content (AvgIpc) is 2.87. The van der Waals surface area contributed by atoms with E-state index in [2.05, 4.69) is 27.5 Å². The van der Waals surface area contributed by atoms with Gasteiger partial charge in [0.2, 0.25) is 5.91 Å². The zero-order valence-electron chi connectivity index (χ0n) is 13.2. The molecule has 5 nitrogen and oxygen atoms in total. The van der Waals surface area contributed by atoms with E-state index in [0.717, 1.165) is 29.0 Å². The lowest BCUT2D eigenvalue weighted by atomic mass is 9.88. The fraction of sp³-hybridized carbons (Fsp3) is 0.278. The Morgan fingerprint density at radius 1 is 1.26 bits per heavy atom. The molecule has 0 fully saturated rings. The maximum Gasteiger partial charge on any atom is 0.226 e. The minimum absolute atomic E-state index is 0.0243. The van der Waals surface area contributed by atoms with Crippen LogP contribution in [0, 0.1) is 13.8 Å². The molecule has 4 rings (SSSR count). The van der Waals surface area contributed by atoms with Crippen LogP contribution in [0.15, 0.2) is 36.4 Å². The van der Waals surface area contributed by atoms with E-state index in [9.17, 15) is 4.79 Å². The maximum atomic E-state index is 12.1. The van der Waals surface area contributed by atoms with Crippen molar-refractivity contribution in [2.45, 2.75) is 32.6 Å². The Kier molecular flexibility index (Phi) is 3.15. The van der Waals surface area contributed by atoms with Gasteiger partial charge in [-0.3, -0.25) is 4.79 Å². The van der Waals surface area contributed by atoms with E-state index in [1.807, 2.05) is 42.6 Å². The Hall–Kier alpha value is -2.69. The minimum atomic E-state index is 0.0243. The Bertz CT molecular complexity index is 898. The van der Waals surface area contributed by atoms with Crippen LogP contribution in [-0.4, -0.2) is 20.5 Å². The van der Waals surface area contributed by atoms with Crippen molar-refractivity contribution >= 4 is 17.4 Å². The summed E-state index contributed by atoms with van der Waals surface area (Å²) in [5.41, 5.74) is 5.13. The third-order valence-electron chi connectivity index (χ3n) is 4.35. The van der Waals surface area contributed by atoms with Crippen LogP contribution >= 0.6 is 0 Å². The van der Waals surface area contributed by atoms with Gasteiger partial charge < -0.3 is 5.32 Å². The summed E-state index contributed by atoms with van der Waals surface area (Å²) in [4.78, 5) is 16.8. The Morgan fingerprint density at radius 3 is 2.83 bits per heavy atom. The third-order valence-corrected chi connectivity index (χ3v) is 4.35. The van der Waals surface area contributed by atoms with Gasteiger partial charge in [-0.2, -0.15) is 0 Å². The molecule has 1 atom stereocenters. The summed E-state index contributed by atoms with van der Waals surface area (Å²) in [5.74, 6) is 0.784. The summed E-state index contributed by atoms with van der Waals surface area (Å²) in [6.45, 7) is 3.99. The number of hydrogen-bond acceptors (Lipinski definition) is 3. The first-order valence-corrected chi connectivity index (χ1v) is 7.82. The maximum absolute atomic E-state index is 12.1. The number of anilines is 1. The standard InChI is InChI=1S/C18H18N4O/c1-11-8-12(2)22-18(19-11)16-14(9-13-6-4-3-5-7-13)10-15(23)20-17(16)21-22/h3-8,14H,9-10H2,1-2H3,(H,20,21,23)/t14-/m1/s1. The van der Waals surface area contributed by atoms with Gasteiger partial charge in [-0.15, -0.1) is 5.10 Å². The highest BCUT2D eigenvalue weighted by Crippen LogP contribution is 2.36. The molecule has 0 saturated heterocycles. The molecule has 0 spiro atoms. The van der Waals surface area contributed by atoms with Gasteiger partial charge >= 0.3 is 0 Å². The average molecular weight is 306 g/mol. The molecule has 2 aromatic heterocycles. The van der Waals surface area contributed by atoms with Gasteiger partial charge in [-0.25, -0.2) is 9.50 Å². The van der Waals surface area contributed by atoms with Crippen molar-refractivity contribution in [3.63, 3.8) is 0 Å². The van der Waals surface area contributed by atoms with Crippen molar-refractivity contribution in [2.24, 2.45) is 0 Å². The summed E-state index contributed by atoms with van der Waals surface area (Å²) in [6.07, 6.45) is 1.29. The highest BCUT2D eigenvalue weighted by Gasteiger charge is 2.31. The van der Waals surface area contributed by atoms with Crippen LogP contribution in [0.25, 0.3) is 5.65 Å². The van der Waals surface area contributed by atoms with Crippen molar-refractivity contribution in [3.05, 3.63) is 58.9 Å². The molecule has 1 aliphatic rings. The van der Waals surface area contributed by atoms with Crippen molar-refractivity contribution in [1.82, 2.24) is 14.6 Å². The summed E-state index contributed by atoms with van der Waals surface area (Å²) in [5, 5.41) is 7.46. The van der Waals surface area contributed by atoms with E-state index < -0.39 is 0 Å². The van der Waals surface area contributed by atoms with E-state index in [4.69, 9.17) is 0 Å². The first-order valence-electron chi connectivity index (χ1n) is 7.82. The lowest BCUT2D eigenvalue weighted by Crippen LogP contribution is -2.23. The predicted molar refractivity (Wildman–Crippen MR) is 88.6 cm³/mol. The van der Waals surface area contributed by atoms with Crippen LogP contribution < -0.4 is 5.32 Å². The highest BCUT2D eigenvalue weighted by molar-refractivity contribution is 5.95. The van der Waals surface area contributed by atoms with E-state index in [1.165, 1.54) is 5.56 Å². The molecule has 1 N–H and O–H groups in total. The monoisotopic (exact) mass is 306 g/mol. The van der Waals surface area contributed by atoms with Crippen LogP contribution in [0.3, 0.4) is 0 Å². The molecular formula is C18H18N4O. The molecule has 1 aromatic carbocycles. The van der Waals surface area contributed by atoms with Gasteiger partial charge in [0, 0.05) is 29.3 Å². The second-order valence-corrected chi connectivity index (χ2v) is 6.18. The minimum Gasteiger partial charge on any atom is -0.309 e. The van der Waals surface area contributed by atoms with Crippen molar-refractivity contribution in [2.75, 3.05) is 5.32 Å². The normalized spacial score (nSPS) is 17.1. The molecule has 116 valence electrons. The number of benzene rings is 1. The second kappa shape index (κ2) is 5.19. The summed E-state index contributed by atoms with van der Waals surface area (Å²) in [7, 11) is 0. The molecule has 0 unspecified atom stereocenters.